The predicted octanol–water partition coefficient (Wildman–Crippen LogP) is 1.12. The molecule has 0 aliphatic heterocycles. The summed E-state index contributed by atoms with van der Waals surface area (Å²) in [4.78, 5) is 14.4. The van der Waals surface area contributed by atoms with Crippen molar-refractivity contribution < 1.29 is 17.6 Å². The van der Waals surface area contributed by atoms with Gasteiger partial charge in [-0.3, -0.25) is 9.52 Å². The van der Waals surface area contributed by atoms with Crippen LogP contribution in [0.2, 0.25) is 0 Å². The Kier molecular flexibility index (Phi) is 3.66. The van der Waals surface area contributed by atoms with Crippen molar-refractivity contribution in [2.75, 3.05) is 4.72 Å². The van der Waals surface area contributed by atoms with E-state index in [1.165, 1.54) is 36.5 Å². The Hall–Kier alpha value is -2.48. The standard InChI is InChI=1S/C12H10FN3O3S/c13-10-2-1-7-15-12(10)20(18,19)16-9-5-3-8(4-6-9)11(14)17/h1-7,16H,(H2,14,17). The molecule has 3 N–H and O–H groups in total. The van der Waals surface area contributed by atoms with E-state index in [2.05, 4.69) is 9.71 Å². The van der Waals surface area contributed by atoms with E-state index in [-0.39, 0.29) is 11.3 Å². The molecule has 1 aromatic heterocycles. The molecular formula is C12H10FN3O3S. The fourth-order valence-electron chi connectivity index (χ4n) is 1.47. The van der Waals surface area contributed by atoms with Gasteiger partial charge in [0.1, 0.15) is 0 Å². The second-order valence-electron chi connectivity index (χ2n) is 3.84. The molecule has 2 aromatic rings. The van der Waals surface area contributed by atoms with E-state index in [0.29, 0.717) is 0 Å². The first-order valence-corrected chi connectivity index (χ1v) is 6.92. The summed E-state index contributed by atoms with van der Waals surface area (Å²) in [5, 5.41) is -0.695. The minimum absolute atomic E-state index is 0.167. The van der Waals surface area contributed by atoms with Crippen LogP contribution in [0.1, 0.15) is 10.4 Å². The first kappa shape index (κ1) is 13.9. The fourth-order valence-corrected chi connectivity index (χ4v) is 2.54. The van der Waals surface area contributed by atoms with Crippen LogP contribution in [0.4, 0.5) is 10.1 Å². The van der Waals surface area contributed by atoms with E-state index >= 15 is 0 Å². The molecule has 0 fully saturated rings. The number of hydrogen-bond donors (Lipinski definition) is 2. The summed E-state index contributed by atoms with van der Waals surface area (Å²) in [6, 6.07) is 7.69. The zero-order chi connectivity index (χ0) is 14.8. The number of halogens is 1. The summed E-state index contributed by atoms with van der Waals surface area (Å²) < 4.78 is 39.4. The zero-order valence-corrected chi connectivity index (χ0v) is 10.9. The minimum Gasteiger partial charge on any atom is -0.366 e. The predicted molar refractivity (Wildman–Crippen MR) is 70.0 cm³/mol. The van der Waals surface area contributed by atoms with Crippen LogP contribution in [-0.2, 0) is 10.0 Å². The van der Waals surface area contributed by atoms with Crippen LogP contribution in [-0.4, -0.2) is 19.3 Å². The third-order valence-electron chi connectivity index (χ3n) is 2.40. The number of carbonyl (C=O) groups is 1. The van der Waals surface area contributed by atoms with Gasteiger partial charge in [-0.05, 0) is 36.4 Å². The molecule has 104 valence electrons. The van der Waals surface area contributed by atoms with Crippen molar-refractivity contribution in [2.45, 2.75) is 5.03 Å². The van der Waals surface area contributed by atoms with Crippen LogP contribution >= 0.6 is 0 Å². The summed E-state index contributed by atoms with van der Waals surface area (Å²) in [5.74, 6) is -1.58. The number of nitrogens with two attached hydrogens (primary N) is 1. The molecular weight excluding hydrogens is 285 g/mol. The number of aromatic nitrogens is 1. The Bertz CT molecular complexity index is 745. The van der Waals surface area contributed by atoms with Crippen LogP contribution < -0.4 is 10.5 Å². The summed E-state index contributed by atoms with van der Waals surface area (Å²) in [7, 11) is -4.13. The molecule has 0 aliphatic carbocycles. The lowest BCUT2D eigenvalue weighted by molar-refractivity contribution is 0.100. The highest BCUT2D eigenvalue weighted by atomic mass is 32.2. The fraction of sp³-hybridized carbons (Fsp3) is 0. The average molecular weight is 295 g/mol. The highest BCUT2D eigenvalue weighted by Gasteiger charge is 2.20. The normalized spacial score (nSPS) is 11.1. The molecule has 0 bridgehead atoms. The van der Waals surface area contributed by atoms with Crippen LogP contribution in [0.3, 0.4) is 0 Å². The SMILES string of the molecule is NC(=O)c1ccc(NS(=O)(=O)c2ncccc2F)cc1. The third-order valence-corrected chi connectivity index (χ3v) is 3.71. The molecule has 1 heterocycles. The number of primary amides is 1. The molecule has 1 amide bonds. The van der Waals surface area contributed by atoms with Crippen molar-refractivity contribution >= 4 is 21.6 Å². The molecule has 6 nitrogen and oxygen atoms in total. The molecule has 0 saturated heterocycles. The quantitative estimate of drug-likeness (QED) is 0.882. The third kappa shape index (κ3) is 2.91. The Labute approximate surface area is 114 Å². The van der Waals surface area contributed by atoms with Gasteiger partial charge in [0.2, 0.25) is 10.9 Å². The highest BCUT2D eigenvalue weighted by Crippen LogP contribution is 2.17. The maximum atomic E-state index is 13.4. The molecule has 0 atom stereocenters. The molecule has 20 heavy (non-hydrogen) atoms. The van der Waals surface area contributed by atoms with Gasteiger partial charge in [-0.1, -0.05) is 0 Å². The Morgan fingerprint density at radius 1 is 1.20 bits per heavy atom. The highest BCUT2D eigenvalue weighted by molar-refractivity contribution is 7.92. The Morgan fingerprint density at radius 3 is 2.40 bits per heavy atom. The molecule has 0 unspecified atom stereocenters. The number of anilines is 1. The van der Waals surface area contributed by atoms with E-state index in [1.807, 2.05) is 0 Å². The minimum atomic E-state index is -4.13. The molecule has 0 aliphatic rings. The van der Waals surface area contributed by atoms with Gasteiger partial charge in [0, 0.05) is 17.4 Å². The number of hydrogen-bond acceptors (Lipinski definition) is 4. The molecule has 8 heteroatoms. The van der Waals surface area contributed by atoms with Gasteiger partial charge < -0.3 is 5.73 Å². The number of sulfonamides is 1. The van der Waals surface area contributed by atoms with Crippen LogP contribution in [0, 0.1) is 5.82 Å². The zero-order valence-electron chi connectivity index (χ0n) is 10.1. The second kappa shape index (κ2) is 5.25. The summed E-state index contributed by atoms with van der Waals surface area (Å²) in [6.07, 6.45) is 1.17. The maximum absolute atomic E-state index is 13.4. The van der Waals surface area contributed by atoms with Crippen LogP contribution in [0.15, 0.2) is 47.6 Å². The molecule has 0 saturated carbocycles. The van der Waals surface area contributed by atoms with E-state index in [4.69, 9.17) is 5.73 Å². The monoisotopic (exact) mass is 295 g/mol. The maximum Gasteiger partial charge on any atom is 0.282 e. The summed E-state index contributed by atoms with van der Waals surface area (Å²) >= 11 is 0. The number of benzene rings is 1. The van der Waals surface area contributed by atoms with Gasteiger partial charge in [-0.2, -0.15) is 8.42 Å². The van der Waals surface area contributed by atoms with Crippen molar-refractivity contribution in [3.05, 3.63) is 54.0 Å². The topological polar surface area (TPSA) is 102 Å². The van der Waals surface area contributed by atoms with E-state index in [0.717, 1.165) is 6.07 Å². The molecule has 1 aromatic carbocycles. The van der Waals surface area contributed by atoms with Crippen molar-refractivity contribution in [1.82, 2.24) is 4.98 Å². The number of rotatable bonds is 4. The van der Waals surface area contributed by atoms with Crippen molar-refractivity contribution in [1.29, 1.82) is 0 Å². The Balaban J connectivity index is 2.29. The van der Waals surface area contributed by atoms with Crippen molar-refractivity contribution in [2.24, 2.45) is 5.73 Å². The van der Waals surface area contributed by atoms with Crippen LogP contribution in [0.5, 0.6) is 0 Å². The van der Waals surface area contributed by atoms with E-state index in [1.54, 1.807) is 0 Å². The first-order chi connectivity index (χ1) is 9.40. The van der Waals surface area contributed by atoms with Crippen molar-refractivity contribution in [3.8, 4) is 0 Å². The lowest BCUT2D eigenvalue weighted by atomic mass is 10.2. The average Bonchev–Trinajstić information content (AvgIpc) is 2.39. The van der Waals surface area contributed by atoms with Crippen molar-refractivity contribution in [3.63, 3.8) is 0 Å². The number of nitrogens with one attached hydrogen (secondary N) is 1. The molecule has 0 radical (unpaired) electrons. The lowest BCUT2D eigenvalue weighted by Gasteiger charge is -2.08. The van der Waals surface area contributed by atoms with Gasteiger partial charge in [-0.25, -0.2) is 9.37 Å². The summed E-state index contributed by atoms with van der Waals surface area (Å²) in [5.41, 5.74) is 5.46. The van der Waals surface area contributed by atoms with Gasteiger partial charge in [0.25, 0.3) is 10.0 Å². The van der Waals surface area contributed by atoms with Gasteiger partial charge >= 0.3 is 0 Å². The lowest BCUT2D eigenvalue weighted by Crippen LogP contribution is -2.16. The van der Waals surface area contributed by atoms with E-state index < -0.39 is 26.8 Å². The van der Waals surface area contributed by atoms with Gasteiger partial charge in [-0.15, -0.1) is 0 Å². The second-order valence-corrected chi connectivity index (χ2v) is 5.44. The number of carbonyl (C=O) groups excluding carboxylic acids is 1. The number of amides is 1. The molecule has 0 spiro atoms. The summed E-state index contributed by atoms with van der Waals surface area (Å²) in [6.45, 7) is 0. The smallest absolute Gasteiger partial charge is 0.282 e. The number of nitrogens with zero attached hydrogens (tertiary/aromatic N) is 1. The first-order valence-electron chi connectivity index (χ1n) is 5.43. The number of pyridine rings is 1. The molecule has 2 rings (SSSR count). The largest absolute Gasteiger partial charge is 0.366 e. The van der Waals surface area contributed by atoms with E-state index in [9.17, 15) is 17.6 Å². The van der Waals surface area contributed by atoms with Gasteiger partial charge in [0.05, 0.1) is 0 Å². The Morgan fingerprint density at radius 2 is 1.85 bits per heavy atom. The van der Waals surface area contributed by atoms with Crippen LogP contribution in [0.25, 0.3) is 0 Å². The van der Waals surface area contributed by atoms with Gasteiger partial charge in [0.15, 0.2) is 5.82 Å².